The van der Waals surface area contributed by atoms with Crippen molar-refractivity contribution in [2.75, 3.05) is 0 Å². The van der Waals surface area contributed by atoms with Crippen molar-refractivity contribution < 1.29 is 56.9 Å². The zero-order chi connectivity index (χ0) is 55.8. The Balaban J connectivity index is 0. The predicted molar refractivity (Wildman–Crippen MR) is 303 cm³/mol. The molecule has 4 aliphatic heterocycles. The van der Waals surface area contributed by atoms with Crippen LogP contribution >= 0.6 is 0 Å². The second kappa shape index (κ2) is 39.0. The van der Waals surface area contributed by atoms with E-state index in [9.17, 15) is 33.6 Å². The van der Waals surface area contributed by atoms with Crippen LogP contribution in [0.3, 0.4) is 0 Å². The zero-order valence-electron chi connectivity index (χ0n) is 45.8. The van der Waals surface area contributed by atoms with Gasteiger partial charge in [0.15, 0.2) is 17.3 Å². The molecule has 13 nitrogen and oxygen atoms in total. The highest BCUT2D eigenvalue weighted by molar-refractivity contribution is 5.97. The van der Waals surface area contributed by atoms with E-state index in [0.717, 1.165) is 53.5 Å². The van der Waals surface area contributed by atoms with Gasteiger partial charge in [0.1, 0.15) is 24.4 Å². The van der Waals surface area contributed by atoms with Crippen LogP contribution in [-0.2, 0) is 52.5 Å². The summed E-state index contributed by atoms with van der Waals surface area (Å²) in [5.74, 6) is 0.0214. The molecule has 13 heteroatoms. The number of ether oxygens (including phenoxy) is 4. The second-order valence-corrected chi connectivity index (χ2v) is 18.1. The van der Waals surface area contributed by atoms with Gasteiger partial charge < -0.3 is 23.4 Å². The van der Waals surface area contributed by atoms with Crippen LogP contribution in [0.15, 0.2) is 172 Å². The molecule has 0 saturated heterocycles. The number of Topliss-reactive ketones (excluding diaryl/α,β-unsaturated/α-hetero) is 1. The maximum Gasteiger partial charge on any atom is 0.334 e. The van der Waals surface area contributed by atoms with Crippen molar-refractivity contribution >= 4 is 41.2 Å². The van der Waals surface area contributed by atoms with E-state index in [4.69, 9.17) is 23.4 Å². The summed E-state index contributed by atoms with van der Waals surface area (Å²) in [5.41, 5.74) is 10.6. The molecule has 4 atom stereocenters. The van der Waals surface area contributed by atoms with Gasteiger partial charge >= 0.3 is 23.9 Å². The summed E-state index contributed by atoms with van der Waals surface area (Å²) >= 11 is 0. The Hall–Kier alpha value is -7.54. The smallest absolute Gasteiger partial charge is 0.334 e. The fraction of sp³-hybridized carbons (Fsp3) is 0.397. The van der Waals surface area contributed by atoms with Crippen LogP contribution in [0.5, 0.6) is 0 Å². The standard InChI is InChI=1S/C7H8O.C7H8.C6H7N.4C6H8O2.2C6H8O.C5H6O.2CH4/c1-6-2-4-7(8)5-3-6;1-7-5-3-2-4-6-7;1-6-2-4-7-5-3-6;2*1-4-3-6(7)8-5(4)2;2*1-4-3-5(2)8-6(4)7;1-5-2-3-6(7)4-5;1-5-3-2-4-6(5)7;1-5-2-3-6-4-5;;/h2-4H,5H2,1H3;2-6H,1H3;2-5H,1H3;4*3,5H,1-2H3;4H,2-3H2,1H3;3H,2,4H2,1H3;2-4H,1H3;2*1H4/t;;;4*5-;;;;;/m...1010...../s1. The van der Waals surface area contributed by atoms with Crippen LogP contribution in [0, 0.1) is 20.8 Å². The highest BCUT2D eigenvalue weighted by Gasteiger charge is 2.19. The minimum absolute atomic E-state index is 0. The highest BCUT2D eigenvalue weighted by Crippen LogP contribution is 2.15. The lowest BCUT2D eigenvalue weighted by molar-refractivity contribution is -0.139. The maximum absolute atomic E-state index is 10.5. The summed E-state index contributed by atoms with van der Waals surface area (Å²) in [7, 11) is 0. The van der Waals surface area contributed by atoms with E-state index in [1.54, 1.807) is 50.9 Å². The van der Waals surface area contributed by atoms with Gasteiger partial charge in [0, 0.05) is 55.0 Å². The van der Waals surface area contributed by atoms with Gasteiger partial charge in [-0.3, -0.25) is 19.4 Å². The highest BCUT2D eigenvalue weighted by atomic mass is 16.6. The average molecular weight is 1050 g/mol. The molecule has 0 bridgehead atoms. The van der Waals surface area contributed by atoms with Crippen LogP contribution < -0.4 is 0 Å². The molecule has 0 N–H and O–H groups in total. The zero-order valence-corrected chi connectivity index (χ0v) is 45.8. The molecule has 0 spiro atoms. The summed E-state index contributed by atoms with van der Waals surface area (Å²) in [6.07, 6.45) is 26.7. The first-order chi connectivity index (χ1) is 34.9. The van der Waals surface area contributed by atoms with Gasteiger partial charge in [-0.2, -0.15) is 0 Å². The first-order valence-corrected chi connectivity index (χ1v) is 24.6. The Morgan fingerprint density at radius 1 is 0.500 bits per heavy atom. The number of hydrogen-bond donors (Lipinski definition) is 0. The molecule has 0 fully saturated rings. The molecule has 76 heavy (non-hydrogen) atoms. The summed E-state index contributed by atoms with van der Waals surface area (Å²) in [4.78, 5) is 76.9. The number of aromatic nitrogens is 1. The first-order valence-electron chi connectivity index (χ1n) is 24.6. The molecular formula is C63H85NO12. The summed E-state index contributed by atoms with van der Waals surface area (Å²) < 4.78 is 23.7. The van der Waals surface area contributed by atoms with E-state index in [1.807, 2.05) is 143 Å². The summed E-state index contributed by atoms with van der Waals surface area (Å²) in [6, 6.07) is 16.1. The molecule has 3 aromatic rings. The van der Waals surface area contributed by atoms with Gasteiger partial charge in [0.25, 0.3) is 0 Å². The Kier molecular flexibility index (Phi) is 36.2. The molecule has 0 unspecified atom stereocenters. The van der Waals surface area contributed by atoms with Crippen LogP contribution in [0.4, 0.5) is 0 Å². The number of benzene rings is 1. The van der Waals surface area contributed by atoms with Crippen molar-refractivity contribution in [2.45, 2.75) is 168 Å². The molecule has 0 radical (unpaired) electrons. The van der Waals surface area contributed by atoms with E-state index >= 15 is 0 Å². The van der Waals surface area contributed by atoms with Crippen molar-refractivity contribution in [3.63, 3.8) is 0 Å². The average Bonchev–Trinajstić information content (AvgIpc) is 4.24. The molecule has 0 saturated carbocycles. The molecule has 10 rings (SSSR count). The number of ketones is 3. The van der Waals surface area contributed by atoms with E-state index in [0.29, 0.717) is 12.2 Å². The normalized spacial score (nSPS) is 19.6. The number of furan rings is 1. The number of pyridine rings is 1. The Bertz CT molecular complexity index is 2440. The largest absolute Gasteiger partial charge is 0.472 e. The van der Waals surface area contributed by atoms with Gasteiger partial charge in [-0.25, -0.2) is 19.2 Å². The lowest BCUT2D eigenvalue weighted by Gasteiger charge is -2.00. The Labute approximate surface area is 453 Å². The second-order valence-electron chi connectivity index (χ2n) is 18.1. The minimum Gasteiger partial charge on any atom is -0.472 e. The monoisotopic (exact) mass is 1050 g/mol. The number of hydrogen-bond acceptors (Lipinski definition) is 13. The van der Waals surface area contributed by atoms with Crippen molar-refractivity contribution in [3.8, 4) is 0 Å². The number of allylic oxidation sites excluding steroid dienone is 8. The van der Waals surface area contributed by atoms with E-state index in [1.165, 1.54) is 40.0 Å². The van der Waals surface area contributed by atoms with Crippen LogP contribution in [0.25, 0.3) is 0 Å². The summed E-state index contributed by atoms with van der Waals surface area (Å²) in [6.45, 7) is 26.6. The molecule has 7 aliphatic rings. The maximum atomic E-state index is 10.5. The Morgan fingerprint density at radius 3 is 1.16 bits per heavy atom. The molecule has 0 amide bonds. The molecule has 6 heterocycles. The fourth-order valence-electron chi connectivity index (χ4n) is 6.03. The first kappa shape index (κ1) is 70.5. The number of nitrogens with zero attached hydrogens (tertiary/aromatic N) is 1. The lowest BCUT2D eigenvalue weighted by atomic mass is 10.1. The topological polar surface area (TPSA) is 182 Å². The molecular weight excluding hydrogens is 963 g/mol. The molecule has 3 aliphatic carbocycles. The molecule has 2 aromatic heterocycles. The SMILES string of the molecule is C.C.CC1=CC(=O)CC1.CC1=CC(=O)O[C@@H]1C.CC1=CC(=O)O[C@H]1C.CC1=CCC(=O)C=C1.CC1=CCCC1=O.CC1=C[C@@H](C)OC1=O.CC1=C[C@H](C)OC1=O.Cc1ccccc1.Cc1ccncc1.Cc1ccoc1. The number of esters is 4. The quantitative estimate of drug-likeness (QED) is 0.153. The predicted octanol–water partition coefficient (Wildman–Crippen LogP) is 13.8. The lowest BCUT2D eigenvalue weighted by Crippen LogP contribution is -2.03. The molecule has 1 aromatic carbocycles. The van der Waals surface area contributed by atoms with Gasteiger partial charge in [-0.1, -0.05) is 80.1 Å². The van der Waals surface area contributed by atoms with E-state index in [2.05, 4.69) is 24.0 Å². The number of carbonyl (C=O) groups excluding carboxylic acids is 7. The van der Waals surface area contributed by atoms with Crippen molar-refractivity contribution in [3.05, 3.63) is 184 Å². The summed E-state index contributed by atoms with van der Waals surface area (Å²) in [5, 5.41) is 0. The van der Waals surface area contributed by atoms with Crippen molar-refractivity contribution in [2.24, 2.45) is 0 Å². The van der Waals surface area contributed by atoms with Gasteiger partial charge in [0.05, 0.1) is 12.5 Å². The van der Waals surface area contributed by atoms with Gasteiger partial charge in [-0.15, -0.1) is 0 Å². The molecule has 414 valence electrons. The van der Waals surface area contributed by atoms with Crippen LogP contribution in [-0.4, -0.2) is 70.6 Å². The van der Waals surface area contributed by atoms with Gasteiger partial charge in [-0.05, 0) is 180 Å². The van der Waals surface area contributed by atoms with E-state index < -0.39 is 0 Å². The number of aryl methyl sites for hydroxylation is 3. The van der Waals surface area contributed by atoms with E-state index in [-0.39, 0.29) is 74.7 Å². The van der Waals surface area contributed by atoms with Crippen molar-refractivity contribution in [1.29, 1.82) is 0 Å². The Morgan fingerprint density at radius 2 is 1.00 bits per heavy atom. The number of carbonyl (C=O) groups is 7. The van der Waals surface area contributed by atoms with Gasteiger partial charge in [0.2, 0.25) is 0 Å². The third-order valence-corrected chi connectivity index (χ3v) is 10.8. The number of rotatable bonds is 0. The van der Waals surface area contributed by atoms with Crippen molar-refractivity contribution in [1.82, 2.24) is 4.98 Å². The van der Waals surface area contributed by atoms with Crippen LogP contribution in [0.1, 0.15) is 140 Å². The third-order valence-electron chi connectivity index (χ3n) is 10.8. The minimum atomic E-state index is -0.213. The number of cyclic esters (lactones) is 4. The van der Waals surface area contributed by atoms with Crippen LogP contribution in [0.2, 0.25) is 0 Å². The fourth-order valence-corrected chi connectivity index (χ4v) is 6.03. The third kappa shape index (κ3) is 33.3.